The van der Waals surface area contributed by atoms with E-state index in [1.54, 1.807) is 61.5 Å². The maximum absolute atomic E-state index is 12.7. The molecular formula is C38H40N4O9. The van der Waals surface area contributed by atoms with Crippen molar-refractivity contribution in [2.75, 3.05) is 23.8 Å². The maximum Gasteiger partial charge on any atom is 0.411 e. The highest BCUT2D eigenvalue weighted by Gasteiger charge is 2.22. The van der Waals surface area contributed by atoms with Gasteiger partial charge in [0.25, 0.3) is 0 Å². The number of nitrogens with one attached hydrogen (secondary N) is 3. The molecule has 6 N–H and O–H groups in total. The Morgan fingerprint density at radius 3 is 2.24 bits per heavy atom. The minimum absolute atomic E-state index is 0.0342. The average molecular weight is 697 g/mol. The van der Waals surface area contributed by atoms with Crippen molar-refractivity contribution in [1.29, 1.82) is 0 Å². The lowest BCUT2D eigenvalue weighted by atomic mass is 9.98. The number of amides is 3. The van der Waals surface area contributed by atoms with Crippen LogP contribution in [-0.4, -0.2) is 48.4 Å². The molecule has 13 nitrogen and oxygen atoms in total. The molecule has 266 valence electrons. The number of carboxylic acid groups (broad SMARTS) is 1. The van der Waals surface area contributed by atoms with Crippen LogP contribution in [0.3, 0.4) is 0 Å². The molecule has 4 aromatic carbocycles. The number of rotatable bonds is 16. The topological polar surface area (TPSA) is 195 Å². The lowest BCUT2D eigenvalue weighted by Gasteiger charge is -2.19. The fraction of sp³-hybridized carbons (Fsp3) is 0.237. The number of carboxylic acids is 1. The summed E-state index contributed by atoms with van der Waals surface area (Å²) < 4.78 is 15.8. The van der Waals surface area contributed by atoms with Gasteiger partial charge in [0.15, 0.2) is 6.04 Å². The quantitative estimate of drug-likeness (QED) is 0.0680. The van der Waals surface area contributed by atoms with Crippen LogP contribution in [0.15, 0.2) is 97.1 Å². The Balaban J connectivity index is 1.34. The van der Waals surface area contributed by atoms with Crippen molar-refractivity contribution in [1.82, 2.24) is 5.32 Å². The lowest BCUT2D eigenvalue weighted by molar-refractivity contribution is -0.143. The first-order valence-electron chi connectivity index (χ1n) is 16.2. The van der Waals surface area contributed by atoms with Crippen LogP contribution in [0.5, 0.6) is 0 Å². The Hall–Kier alpha value is -6.37. The summed E-state index contributed by atoms with van der Waals surface area (Å²) in [5, 5.41) is 18.2. The smallest absolute Gasteiger partial charge is 0.411 e. The number of aryl methyl sites for hydroxylation is 1. The fourth-order valence-corrected chi connectivity index (χ4v) is 5.18. The van der Waals surface area contributed by atoms with Crippen LogP contribution in [0.4, 0.5) is 21.0 Å². The minimum atomic E-state index is -1.11. The van der Waals surface area contributed by atoms with E-state index < -0.39 is 42.1 Å². The summed E-state index contributed by atoms with van der Waals surface area (Å²) in [5.74, 6) is -2.25. The van der Waals surface area contributed by atoms with E-state index in [1.807, 2.05) is 37.3 Å². The number of benzene rings is 4. The van der Waals surface area contributed by atoms with Crippen LogP contribution in [0.2, 0.25) is 0 Å². The highest BCUT2D eigenvalue weighted by atomic mass is 16.6. The molecule has 0 bridgehead atoms. The molecule has 4 rings (SSSR count). The van der Waals surface area contributed by atoms with Gasteiger partial charge in [0.2, 0.25) is 5.91 Å². The van der Waals surface area contributed by atoms with Crippen LogP contribution in [0.25, 0.3) is 0 Å². The Bertz CT molecular complexity index is 1850. The van der Waals surface area contributed by atoms with Crippen molar-refractivity contribution in [3.8, 4) is 0 Å². The number of carbonyl (C=O) groups excluding carboxylic acids is 4. The number of hydrogen-bond acceptors (Lipinski definition) is 9. The number of aliphatic carboxylic acids is 1. The van der Waals surface area contributed by atoms with Gasteiger partial charge in [-0.1, -0.05) is 66.7 Å². The molecule has 0 aromatic heterocycles. The first-order valence-corrected chi connectivity index (χ1v) is 16.2. The number of nitrogens with two attached hydrogens (primary N) is 1. The Morgan fingerprint density at radius 1 is 0.784 bits per heavy atom. The largest absolute Gasteiger partial charge is 0.479 e. The third kappa shape index (κ3) is 11.6. The third-order valence-electron chi connectivity index (χ3n) is 7.73. The number of carbonyl (C=O) groups is 5. The van der Waals surface area contributed by atoms with Gasteiger partial charge in [-0.3, -0.25) is 14.9 Å². The van der Waals surface area contributed by atoms with E-state index in [0.29, 0.717) is 28.9 Å². The number of primary amides is 1. The van der Waals surface area contributed by atoms with Gasteiger partial charge in [-0.05, 0) is 72.0 Å². The van der Waals surface area contributed by atoms with Gasteiger partial charge in [0.05, 0.1) is 25.7 Å². The van der Waals surface area contributed by atoms with Crippen molar-refractivity contribution in [2.24, 2.45) is 5.73 Å². The molecule has 0 radical (unpaired) electrons. The fourth-order valence-electron chi connectivity index (χ4n) is 5.18. The standard InChI is InChI=1S/C38H40N4O9/c1-3-49-33(43)22-32(42-38(48)51-23-25-9-5-4-6-10-25)27-11-7-14-31(20-27)41-37(47)50-18-17-26-15-16-28(19-24(26)2)34(36(45)46)40-30-13-8-12-29(21-30)35(39)44/h4-16,19-21,32,34,40H,3,17-18,22-23H2,1-2H3,(H2,39,44)(H,41,47)(H,42,48)(H,45,46)/t32-,34?/m1/s1. The van der Waals surface area contributed by atoms with Gasteiger partial charge < -0.3 is 35.7 Å². The van der Waals surface area contributed by atoms with E-state index in [9.17, 15) is 29.1 Å². The van der Waals surface area contributed by atoms with Gasteiger partial charge in [0, 0.05) is 23.4 Å². The monoisotopic (exact) mass is 696 g/mol. The molecule has 0 saturated heterocycles. The highest BCUT2D eigenvalue weighted by Crippen LogP contribution is 2.25. The van der Waals surface area contributed by atoms with E-state index in [0.717, 1.165) is 16.7 Å². The molecule has 0 saturated carbocycles. The van der Waals surface area contributed by atoms with E-state index in [4.69, 9.17) is 19.9 Å². The number of hydrogen-bond donors (Lipinski definition) is 5. The van der Waals surface area contributed by atoms with Crippen molar-refractivity contribution < 1.29 is 43.3 Å². The normalized spacial score (nSPS) is 11.7. The predicted molar refractivity (Wildman–Crippen MR) is 189 cm³/mol. The van der Waals surface area contributed by atoms with E-state index in [2.05, 4.69) is 16.0 Å². The van der Waals surface area contributed by atoms with Crippen LogP contribution < -0.4 is 21.7 Å². The Labute approximate surface area is 295 Å². The van der Waals surface area contributed by atoms with Gasteiger partial charge in [0.1, 0.15) is 6.61 Å². The molecule has 13 heteroatoms. The predicted octanol–water partition coefficient (Wildman–Crippen LogP) is 6.04. The Kier molecular flexibility index (Phi) is 13.5. The third-order valence-corrected chi connectivity index (χ3v) is 7.73. The SMILES string of the molecule is CCOC(=O)C[C@@H](NC(=O)OCc1ccccc1)c1cccc(NC(=O)OCCc2ccc(C(Nc3cccc(C(N)=O)c3)C(=O)O)cc2C)c1. The van der Waals surface area contributed by atoms with Crippen molar-refractivity contribution >= 4 is 41.4 Å². The van der Waals surface area contributed by atoms with E-state index in [1.165, 1.54) is 12.1 Å². The minimum Gasteiger partial charge on any atom is -0.479 e. The zero-order valence-electron chi connectivity index (χ0n) is 28.2. The lowest BCUT2D eigenvalue weighted by Crippen LogP contribution is -2.31. The molecule has 1 unspecified atom stereocenters. The van der Waals surface area contributed by atoms with Gasteiger partial charge >= 0.3 is 24.1 Å². The molecule has 2 atom stereocenters. The number of anilines is 2. The molecule has 0 fully saturated rings. The van der Waals surface area contributed by atoms with Crippen LogP contribution in [0.1, 0.15) is 63.6 Å². The molecule has 0 aliphatic rings. The Morgan fingerprint density at radius 2 is 1.53 bits per heavy atom. The van der Waals surface area contributed by atoms with Crippen LogP contribution >= 0.6 is 0 Å². The molecule has 51 heavy (non-hydrogen) atoms. The molecule has 3 amide bonds. The average Bonchev–Trinajstić information content (AvgIpc) is 3.11. The second kappa shape index (κ2) is 18.4. The first kappa shape index (κ1) is 37.4. The van der Waals surface area contributed by atoms with Crippen LogP contribution in [0, 0.1) is 6.92 Å². The maximum atomic E-state index is 12.7. The molecule has 0 heterocycles. The number of esters is 1. The molecule has 4 aromatic rings. The summed E-state index contributed by atoms with van der Waals surface area (Å²) in [6, 6.07) is 25.4. The second-order valence-corrected chi connectivity index (χ2v) is 11.5. The summed E-state index contributed by atoms with van der Waals surface area (Å²) in [5.41, 5.74) is 9.87. The van der Waals surface area contributed by atoms with Gasteiger partial charge in [-0.2, -0.15) is 0 Å². The molecular weight excluding hydrogens is 656 g/mol. The summed E-state index contributed by atoms with van der Waals surface area (Å²) in [7, 11) is 0. The zero-order chi connectivity index (χ0) is 36.8. The van der Waals surface area contributed by atoms with Crippen molar-refractivity contribution in [3.63, 3.8) is 0 Å². The summed E-state index contributed by atoms with van der Waals surface area (Å²) in [6.45, 7) is 3.77. The first-order chi connectivity index (χ1) is 24.5. The van der Waals surface area contributed by atoms with Crippen LogP contribution in [-0.2, 0) is 36.8 Å². The highest BCUT2D eigenvalue weighted by molar-refractivity contribution is 5.94. The molecule has 0 spiro atoms. The zero-order valence-corrected chi connectivity index (χ0v) is 28.2. The van der Waals surface area contributed by atoms with Crippen molar-refractivity contribution in [2.45, 2.75) is 45.4 Å². The summed E-state index contributed by atoms with van der Waals surface area (Å²) in [6.07, 6.45) is -1.24. The summed E-state index contributed by atoms with van der Waals surface area (Å²) in [4.78, 5) is 61.3. The van der Waals surface area contributed by atoms with E-state index >= 15 is 0 Å². The second-order valence-electron chi connectivity index (χ2n) is 11.5. The van der Waals surface area contributed by atoms with Crippen molar-refractivity contribution in [3.05, 3.63) is 130 Å². The van der Waals surface area contributed by atoms with Gasteiger partial charge in [-0.15, -0.1) is 0 Å². The molecule has 0 aliphatic heterocycles. The van der Waals surface area contributed by atoms with Gasteiger partial charge in [-0.25, -0.2) is 14.4 Å². The summed E-state index contributed by atoms with van der Waals surface area (Å²) >= 11 is 0. The number of ether oxygens (including phenoxy) is 3. The van der Waals surface area contributed by atoms with E-state index in [-0.39, 0.29) is 31.8 Å². The number of alkyl carbamates (subject to hydrolysis) is 1. The molecule has 0 aliphatic carbocycles.